The summed E-state index contributed by atoms with van der Waals surface area (Å²) in [5.74, 6) is -0.855. The monoisotopic (exact) mass is 352 g/mol. The Kier molecular flexibility index (Phi) is 7.83. The van der Waals surface area contributed by atoms with Gasteiger partial charge in [0.1, 0.15) is 0 Å². The summed E-state index contributed by atoms with van der Waals surface area (Å²) in [7, 11) is -4.06. The van der Waals surface area contributed by atoms with Crippen LogP contribution in [0.3, 0.4) is 0 Å². The van der Waals surface area contributed by atoms with Crippen molar-refractivity contribution in [2.75, 3.05) is 0 Å². The topological polar surface area (TPSA) is 91.7 Å². The van der Waals surface area contributed by atoms with E-state index in [-0.39, 0.29) is 12.3 Å². The van der Waals surface area contributed by atoms with E-state index in [0.717, 1.165) is 16.7 Å². The number of aromatic carboxylic acids is 1. The van der Waals surface area contributed by atoms with E-state index in [0.29, 0.717) is 11.1 Å². The largest absolute Gasteiger partial charge is 0.478 e. The van der Waals surface area contributed by atoms with E-state index in [9.17, 15) is 13.2 Å². The smallest absolute Gasteiger partial charge is 0.335 e. The van der Waals surface area contributed by atoms with Gasteiger partial charge in [-0.1, -0.05) is 37.3 Å². The molecule has 0 bridgehead atoms. The summed E-state index contributed by atoms with van der Waals surface area (Å²) < 4.78 is 30.3. The Morgan fingerprint density at radius 2 is 1.33 bits per heavy atom. The molecule has 0 amide bonds. The number of carbonyl (C=O) groups is 1. The lowest BCUT2D eigenvalue weighted by atomic mass is 10.1. The Morgan fingerprint density at radius 1 is 0.875 bits per heavy atom. The zero-order chi connectivity index (χ0) is 17.8. The van der Waals surface area contributed by atoms with Gasteiger partial charge >= 0.3 is 5.97 Å². The fourth-order valence-corrected chi connectivity index (χ4v) is 2.76. The van der Waals surface area contributed by atoms with E-state index in [1.54, 1.807) is 39.0 Å². The van der Waals surface area contributed by atoms with Crippen molar-refractivity contribution in [3.8, 4) is 0 Å². The predicted molar refractivity (Wildman–Crippen MR) is 95.3 cm³/mol. The maximum absolute atomic E-state index is 10.8. The van der Waals surface area contributed by atoms with Gasteiger partial charge in [0, 0.05) is 0 Å². The molecule has 0 aliphatic heterocycles. The lowest BCUT2D eigenvalue weighted by molar-refractivity contribution is 0.0696. The van der Waals surface area contributed by atoms with Crippen molar-refractivity contribution in [1.29, 1.82) is 0 Å². The van der Waals surface area contributed by atoms with Crippen molar-refractivity contribution in [3.63, 3.8) is 0 Å². The summed E-state index contributed by atoms with van der Waals surface area (Å²) in [5, 5.41) is 8.69. The number of carboxylic acids is 1. The van der Waals surface area contributed by atoms with Gasteiger partial charge in [0.15, 0.2) is 0 Å². The van der Waals surface area contributed by atoms with Crippen LogP contribution in [0.5, 0.6) is 0 Å². The Balaban J connectivity index is 0.000000425. The van der Waals surface area contributed by atoms with E-state index >= 15 is 0 Å². The fraction of sp³-hybridized carbons (Fsp3) is 0.278. The third kappa shape index (κ3) is 6.14. The van der Waals surface area contributed by atoms with Crippen LogP contribution in [0, 0.1) is 27.7 Å². The summed E-state index contributed by atoms with van der Waals surface area (Å²) in [6.45, 7) is 7.09. The zero-order valence-electron chi connectivity index (χ0n) is 13.5. The summed E-state index contributed by atoms with van der Waals surface area (Å²) in [6.07, 6.45) is 0. The summed E-state index contributed by atoms with van der Waals surface area (Å²) in [5.41, 5.74) is 3.55. The lowest BCUT2D eigenvalue weighted by Gasteiger charge is -2.02. The molecule has 0 heterocycles. The molecule has 0 saturated carbocycles. The normalized spacial score (nSPS) is 10.2. The van der Waals surface area contributed by atoms with Crippen LogP contribution < -0.4 is 0 Å². The Bertz CT molecular complexity index is 823. The second-order valence-corrected chi connectivity index (χ2v) is 6.76. The van der Waals surface area contributed by atoms with E-state index in [4.69, 9.17) is 9.66 Å². The van der Waals surface area contributed by atoms with Crippen LogP contribution in [0.2, 0.25) is 0 Å². The molecule has 0 fully saturated rings. The van der Waals surface area contributed by atoms with E-state index in [1.807, 2.05) is 19.1 Å². The highest BCUT2D eigenvalue weighted by molar-refractivity contribution is 7.85. The molecule has 132 valence electrons. The van der Waals surface area contributed by atoms with Crippen molar-refractivity contribution in [2.24, 2.45) is 0 Å². The SMILES string of the molecule is C.Cc1ccc(C)c(C(=O)O)c1.Cc1ccc(C)c(S(=O)(=O)O)c1. The van der Waals surface area contributed by atoms with Gasteiger partial charge in [-0.15, -0.1) is 0 Å². The van der Waals surface area contributed by atoms with Crippen molar-refractivity contribution >= 4 is 16.1 Å². The van der Waals surface area contributed by atoms with Gasteiger partial charge in [-0.3, -0.25) is 4.55 Å². The van der Waals surface area contributed by atoms with Crippen LogP contribution in [0.15, 0.2) is 41.3 Å². The first-order valence-corrected chi connectivity index (χ1v) is 8.31. The highest BCUT2D eigenvalue weighted by Crippen LogP contribution is 2.15. The minimum Gasteiger partial charge on any atom is -0.478 e. The zero-order valence-corrected chi connectivity index (χ0v) is 14.3. The van der Waals surface area contributed by atoms with Crippen molar-refractivity contribution in [2.45, 2.75) is 40.0 Å². The average molecular weight is 352 g/mol. The van der Waals surface area contributed by atoms with Gasteiger partial charge in [0.05, 0.1) is 10.5 Å². The van der Waals surface area contributed by atoms with Crippen LogP contribution >= 0.6 is 0 Å². The molecule has 0 aliphatic carbocycles. The van der Waals surface area contributed by atoms with Crippen molar-refractivity contribution < 1.29 is 22.9 Å². The summed E-state index contributed by atoms with van der Waals surface area (Å²) >= 11 is 0. The van der Waals surface area contributed by atoms with Crippen LogP contribution in [0.1, 0.15) is 40.0 Å². The minimum absolute atomic E-state index is 0. The van der Waals surface area contributed by atoms with Crippen LogP contribution in [-0.4, -0.2) is 24.0 Å². The molecule has 2 rings (SSSR count). The molecular weight excluding hydrogens is 328 g/mol. The minimum atomic E-state index is -4.06. The van der Waals surface area contributed by atoms with Crippen LogP contribution in [0.25, 0.3) is 0 Å². The molecule has 2 N–H and O–H groups in total. The third-order valence-electron chi connectivity index (χ3n) is 3.25. The molecule has 0 saturated heterocycles. The number of hydrogen-bond donors (Lipinski definition) is 2. The van der Waals surface area contributed by atoms with Gasteiger partial charge in [0.25, 0.3) is 10.1 Å². The lowest BCUT2D eigenvalue weighted by Crippen LogP contribution is -2.00. The van der Waals surface area contributed by atoms with Gasteiger partial charge in [-0.2, -0.15) is 8.42 Å². The first-order chi connectivity index (χ1) is 10.5. The summed E-state index contributed by atoms with van der Waals surface area (Å²) in [6, 6.07) is 10.3. The first kappa shape index (κ1) is 21.8. The molecule has 24 heavy (non-hydrogen) atoms. The number of carboxylic acid groups (broad SMARTS) is 1. The molecular formula is C18H24O5S. The van der Waals surface area contributed by atoms with Gasteiger partial charge < -0.3 is 5.11 Å². The van der Waals surface area contributed by atoms with Gasteiger partial charge in [-0.05, 0) is 56.5 Å². The molecule has 6 heteroatoms. The molecule has 0 aromatic heterocycles. The predicted octanol–water partition coefficient (Wildman–Crippen LogP) is 4.19. The first-order valence-electron chi connectivity index (χ1n) is 6.87. The average Bonchev–Trinajstić information content (AvgIpc) is 2.43. The number of benzene rings is 2. The molecule has 0 spiro atoms. The molecule has 5 nitrogen and oxygen atoms in total. The maximum Gasteiger partial charge on any atom is 0.335 e. The second kappa shape index (κ2) is 8.61. The van der Waals surface area contributed by atoms with Crippen molar-refractivity contribution in [3.05, 3.63) is 64.2 Å². The Labute approximate surface area is 143 Å². The highest BCUT2D eigenvalue weighted by Gasteiger charge is 2.12. The number of rotatable bonds is 2. The standard InChI is InChI=1S/C9H10O2.C8H10O3S.CH4/c1-6-3-4-7(2)8(5-6)9(10)11;1-6-3-4-7(2)8(5-6)12(9,10)11;/h3-5H,1-2H3,(H,10,11);3-5H,1-2H3,(H,9,10,11);1H4. The van der Waals surface area contributed by atoms with Crippen LogP contribution in [-0.2, 0) is 10.1 Å². The molecule has 0 atom stereocenters. The summed E-state index contributed by atoms with van der Waals surface area (Å²) in [4.78, 5) is 10.6. The van der Waals surface area contributed by atoms with E-state index < -0.39 is 16.1 Å². The number of hydrogen-bond acceptors (Lipinski definition) is 3. The Morgan fingerprint density at radius 3 is 1.71 bits per heavy atom. The molecule has 2 aromatic rings. The fourth-order valence-electron chi connectivity index (χ4n) is 1.95. The molecule has 0 radical (unpaired) electrons. The second-order valence-electron chi connectivity index (χ2n) is 5.37. The van der Waals surface area contributed by atoms with E-state index in [2.05, 4.69) is 0 Å². The highest BCUT2D eigenvalue weighted by atomic mass is 32.2. The third-order valence-corrected chi connectivity index (χ3v) is 4.24. The van der Waals surface area contributed by atoms with Crippen molar-refractivity contribution in [1.82, 2.24) is 0 Å². The van der Waals surface area contributed by atoms with E-state index in [1.165, 1.54) is 6.07 Å². The molecule has 2 aromatic carbocycles. The number of aryl methyl sites for hydroxylation is 4. The Hall–Kier alpha value is -2.18. The maximum atomic E-state index is 10.8. The molecule has 0 aliphatic rings. The van der Waals surface area contributed by atoms with Gasteiger partial charge in [-0.25, -0.2) is 4.79 Å². The quantitative estimate of drug-likeness (QED) is 0.791. The van der Waals surface area contributed by atoms with Crippen LogP contribution in [0.4, 0.5) is 0 Å². The van der Waals surface area contributed by atoms with Gasteiger partial charge in [0.2, 0.25) is 0 Å². The molecule has 0 unspecified atom stereocenters.